The fraction of sp³-hybridized carbons (Fsp3) is 0.909. The lowest BCUT2D eigenvalue weighted by molar-refractivity contribution is -0.137. The van der Waals surface area contributed by atoms with Crippen LogP contribution in [0.2, 0.25) is 0 Å². The minimum atomic E-state index is -1.22. The van der Waals surface area contributed by atoms with Crippen LogP contribution in [0.5, 0.6) is 0 Å². The monoisotopic (exact) mass is 199 g/mol. The molecule has 0 aromatic rings. The van der Waals surface area contributed by atoms with Crippen molar-refractivity contribution in [1.29, 1.82) is 0 Å². The van der Waals surface area contributed by atoms with Gasteiger partial charge in [0.1, 0.15) is 5.60 Å². The molecule has 0 spiro atoms. The van der Waals surface area contributed by atoms with Crippen LogP contribution in [-0.2, 0) is 4.79 Å². The van der Waals surface area contributed by atoms with E-state index in [0.717, 1.165) is 19.3 Å². The average molecular weight is 199 g/mol. The van der Waals surface area contributed by atoms with E-state index in [-0.39, 0.29) is 0 Å². The van der Waals surface area contributed by atoms with Crippen LogP contribution in [0.3, 0.4) is 0 Å². The van der Waals surface area contributed by atoms with Gasteiger partial charge in [-0.25, -0.2) is 0 Å². The third-order valence-electron chi connectivity index (χ3n) is 3.32. The summed E-state index contributed by atoms with van der Waals surface area (Å²) >= 11 is 0. The van der Waals surface area contributed by atoms with Gasteiger partial charge >= 0.3 is 0 Å². The minimum absolute atomic E-state index is 0.544. The number of hydrogen-bond acceptors (Lipinski definition) is 2. The van der Waals surface area contributed by atoms with E-state index in [4.69, 9.17) is 5.73 Å². The zero-order chi connectivity index (χ0) is 10.6. The largest absolute Gasteiger partial charge is 0.380 e. The predicted octanol–water partition coefficient (Wildman–Crippen LogP) is 1.58. The Labute approximate surface area is 85.7 Å². The van der Waals surface area contributed by atoms with E-state index in [1.54, 1.807) is 0 Å². The van der Waals surface area contributed by atoms with Gasteiger partial charge in [-0.05, 0) is 31.6 Å². The maximum atomic E-state index is 11.1. The highest BCUT2D eigenvalue weighted by Gasteiger charge is 2.35. The van der Waals surface area contributed by atoms with Crippen LogP contribution >= 0.6 is 0 Å². The first kappa shape index (κ1) is 11.5. The van der Waals surface area contributed by atoms with E-state index < -0.39 is 11.5 Å². The van der Waals surface area contributed by atoms with Gasteiger partial charge < -0.3 is 10.8 Å². The lowest BCUT2D eigenvalue weighted by Crippen LogP contribution is -2.43. The highest BCUT2D eigenvalue weighted by atomic mass is 16.3. The van der Waals surface area contributed by atoms with Gasteiger partial charge in [-0.3, -0.25) is 4.79 Å². The Morgan fingerprint density at radius 3 is 2.79 bits per heavy atom. The Balaban J connectivity index is 2.52. The highest BCUT2D eigenvalue weighted by molar-refractivity contribution is 5.83. The first-order valence-electron chi connectivity index (χ1n) is 5.61. The Bertz CT molecular complexity index is 205. The number of hydrogen-bond donors (Lipinski definition) is 2. The summed E-state index contributed by atoms with van der Waals surface area (Å²) in [6, 6.07) is 0. The molecule has 3 N–H and O–H groups in total. The molecule has 1 aliphatic carbocycles. The van der Waals surface area contributed by atoms with E-state index in [9.17, 15) is 9.90 Å². The van der Waals surface area contributed by atoms with Crippen LogP contribution in [0.25, 0.3) is 0 Å². The van der Waals surface area contributed by atoms with Gasteiger partial charge in [-0.1, -0.05) is 26.2 Å². The van der Waals surface area contributed by atoms with Crippen molar-refractivity contribution >= 4 is 5.91 Å². The van der Waals surface area contributed by atoms with Gasteiger partial charge in [0.25, 0.3) is 0 Å². The Hall–Kier alpha value is -0.570. The van der Waals surface area contributed by atoms with Crippen molar-refractivity contribution in [2.24, 2.45) is 11.7 Å². The second-order valence-corrected chi connectivity index (χ2v) is 4.48. The minimum Gasteiger partial charge on any atom is -0.380 e. The van der Waals surface area contributed by atoms with Gasteiger partial charge in [0.2, 0.25) is 5.91 Å². The second-order valence-electron chi connectivity index (χ2n) is 4.48. The topological polar surface area (TPSA) is 63.3 Å². The molecular formula is C11H21NO2. The van der Waals surface area contributed by atoms with E-state index in [2.05, 4.69) is 6.92 Å². The molecular weight excluding hydrogens is 178 g/mol. The molecule has 3 nitrogen and oxygen atoms in total. The zero-order valence-electron chi connectivity index (χ0n) is 8.96. The summed E-state index contributed by atoms with van der Waals surface area (Å²) in [6.07, 6.45) is 6.46. The lowest BCUT2D eigenvalue weighted by Gasteiger charge is -2.22. The van der Waals surface area contributed by atoms with E-state index in [0.29, 0.717) is 18.8 Å². The van der Waals surface area contributed by atoms with Gasteiger partial charge in [-0.15, -0.1) is 0 Å². The lowest BCUT2D eigenvalue weighted by atomic mass is 9.92. The number of primary amides is 1. The Morgan fingerprint density at radius 1 is 1.50 bits per heavy atom. The third kappa shape index (κ3) is 2.71. The molecule has 3 heteroatoms. The average Bonchev–Trinajstić information content (AvgIpc) is 2.30. The van der Waals surface area contributed by atoms with Gasteiger partial charge in [0.05, 0.1) is 0 Å². The molecule has 2 atom stereocenters. The summed E-state index contributed by atoms with van der Waals surface area (Å²) in [5.74, 6) is 0.128. The smallest absolute Gasteiger partial charge is 0.249 e. The van der Waals surface area contributed by atoms with Crippen molar-refractivity contribution < 1.29 is 9.90 Å². The summed E-state index contributed by atoms with van der Waals surface area (Å²) < 4.78 is 0. The van der Waals surface area contributed by atoms with Crippen molar-refractivity contribution in [2.75, 3.05) is 0 Å². The van der Waals surface area contributed by atoms with Gasteiger partial charge in [-0.2, -0.15) is 0 Å². The molecule has 1 aliphatic rings. The Morgan fingerprint density at radius 2 is 2.21 bits per heavy atom. The molecule has 0 radical (unpaired) electrons. The predicted molar refractivity (Wildman–Crippen MR) is 55.6 cm³/mol. The molecule has 82 valence electrons. The molecule has 1 amide bonds. The van der Waals surface area contributed by atoms with Crippen molar-refractivity contribution in [3.05, 3.63) is 0 Å². The molecule has 1 saturated carbocycles. The fourth-order valence-corrected chi connectivity index (χ4v) is 2.34. The van der Waals surface area contributed by atoms with Crippen LogP contribution in [-0.4, -0.2) is 16.6 Å². The normalized spacial score (nSPS) is 33.7. The number of nitrogens with two attached hydrogens (primary N) is 1. The molecule has 0 aromatic carbocycles. The summed E-state index contributed by atoms with van der Waals surface area (Å²) in [7, 11) is 0. The molecule has 1 fully saturated rings. The Kier molecular flexibility index (Phi) is 3.93. The van der Waals surface area contributed by atoms with Crippen molar-refractivity contribution in [3.8, 4) is 0 Å². The first-order valence-corrected chi connectivity index (χ1v) is 5.61. The molecule has 0 aromatic heterocycles. The second kappa shape index (κ2) is 4.78. The summed E-state index contributed by atoms with van der Waals surface area (Å²) in [6.45, 7) is 2.17. The molecule has 0 bridgehead atoms. The molecule has 14 heavy (non-hydrogen) atoms. The van der Waals surface area contributed by atoms with Crippen LogP contribution in [0.1, 0.15) is 51.9 Å². The number of amides is 1. The van der Waals surface area contributed by atoms with E-state index >= 15 is 0 Å². The third-order valence-corrected chi connectivity index (χ3v) is 3.32. The van der Waals surface area contributed by atoms with Gasteiger partial charge in [0.15, 0.2) is 0 Å². The first-order chi connectivity index (χ1) is 6.58. The number of carbonyl (C=O) groups is 1. The van der Waals surface area contributed by atoms with Crippen LogP contribution in [0, 0.1) is 5.92 Å². The van der Waals surface area contributed by atoms with Crippen molar-refractivity contribution in [1.82, 2.24) is 0 Å². The SMILES string of the molecule is CCCC1CCCC(O)(C(N)=O)CC1. The van der Waals surface area contributed by atoms with Gasteiger partial charge in [0, 0.05) is 0 Å². The molecule has 1 rings (SSSR count). The number of aliphatic hydroxyl groups is 1. The number of carbonyl (C=O) groups excluding carboxylic acids is 1. The zero-order valence-corrected chi connectivity index (χ0v) is 8.96. The summed E-state index contributed by atoms with van der Waals surface area (Å²) in [5, 5.41) is 9.94. The standard InChI is InChI=1S/C11H21NO2/c1-2-4-9-5-3-7-11(14,8-6-9)10(12)13/h9,14H,2-8H2,1H3,(H2,12,13). The summed E-state index contributed by atoms with van der Waals surface area (Å²) in [5.41, 5.74) is 3.98. The van der Waals surface area contributed by atoms with E-state index in [1.807, 2.05) is 0 Å². The van der Waals surface area contributed by atoms with Crippen molar-refractivity contribution in [3.63, 3.8) is 0 Å². The number of rotatable bonds is 3. The quantitative estimate of drug-likeness (QED) is 0.678. The maximum Gasteiger partial charge on any atom is 0.249 e. The van der Waals surface area contributed by atoms with Crippen molar-refractivity contribution in [2.45, 2.75) is 57.5 Å². The van der Waals surface area contributed by atoms with Crippen LogP contribution < -0.4 is 5.73 Å². The van der Waals surface area contributed by atoms with Crippen LogP contribution in [0.15, 0.2) is 0 Å². The molecule has 0 heterocycles. The van der Waals surface area contributed by atoms with E-state index in [1.165, 1.54) is 12.8 Å². The highest BCUT2D eigenvalue weighted by Crippen LogP contribution is 2.32. The summed E-state index contributed by atoms with van der Waals surface area (Å²) in [4.78, 5) is 11.1. The molecule has 0 saturated heterocycles. The molecule has 2 unspecified atom stereocenters. The molecule has 0 aliphatic heterocycles. The fourth-order valence-electron chi connectivity index (χ4n) is 2.34. The maximum absolute atomic E-state index is 11.1. The van der Waals surface area contributed by atoms with Crippen LogP contribution in [0.4, 0.5) is 0 Å².